The Kier molecular flexibility index (Phi) is 3.61. The van der Waals surface area contributed by atoms with Crippen molar-refractivity contribution < 1.29 is 14.3 Å². The molecule has 3 aliphatic rings. The van der Waals surface area contributed by atoms with E-state index < -0.39 is 0 Å². The Hall–Kier alpha value is -0.940. The summed E-state index contributed by atoms with van der Waals surface area (Å²) in [6.07, 6.45) is 0.864. The molecule has 1 aliphatic carbocycles. The van der Waals surface area contributed by atoms with Crippen LogP contribution in [0.25, 0.3) is 0 Å². The Bertz CT molecular complexity index is 462. The van der Waals surface area contributed by atoms with Gasteiger partial charge in [0.2, 0.25) is 5.91 Å². The Labute approximate surface area is 126 Å². The molecular weight excluding hydrogens is 268 g/mol. The minimum absolute atomic E-state index is 0.0168. The van der Waals surface area contributed by atoms with E-state index in [1.165, 1.54) is 0 Å². The maximum absolute atomic E-state index is 12.8. The van der Waals surface area contributed by atoms with Crippen molar-refractivity contribution in [2.45, 2.75) is 39.3 Å². The van der Waals surface area contributed by atoms with E-state index in [-0.39, 0.29) is 35.0 Å². The van der Waals surface area contributed by atoms with Crippen molar-refractivity contribution in [3.05, 3.63) is 0 Å². The maximum Gasteiger partial charge on any atom is 0.226 e. The molecule has 3 rings (SSSR count). The number of ether oxygens (including phenoxy) is 1. The molecule has 0 bridgehead atoms. The Balaban J connectivity index is 1.66. The second-order valence-electron chi connectivity index (χ2n) is 7.47. The number of nitrogens with zero attached hydrogens (tertiary/aromatic N) is 2. The third kappa shape index (κ3) is 2.30. The molecule has 0 radical (unpaired) electrons. The third-order valence-corrected chi connectivity index (χ3v) is 5.95. The van der Waals surface area contributed by atoms with Crippen LogP contribution in [-0.4, -0.2) is 66.9 Å². The van der Waals surface area contributed by atoms with E-state index >= 15 is 0 Å². The number of Topliss-reactive ketones (excluding diaryl/α,β-unsaturated/α-hetero) is 1. The van der Waals surface area contributed by atoms with Crippen LogP contribution in [0.3, 0.4) is 0 Å². The molecule has 21 heavy (non-hydrogen) atoms. The second-order valence-corrected chi connectivity index (χ2v) is 7.47. The van der Waals surface area contributed by atoms with E-state index in [9.17, 15) is 9.59 Å². The quantitative estimate of drug-likeness (QED) is 0.755. The summed E-state index contributed by atoms with van der Waals surface area (Å²) in [5, 5.41) is 0. The smallest absolute Gasteiger partial charge is 0.226 e. The molecular formula is C16H26N2O3. The summed E-state index contributed by atoms with van der Waals surface area (Å²) in [4.78, 5) is 28.7. The molecule has 118 valence electrons. The van der Waals surface area contributed by atoms with Gasteiger partial charge in [-0.2, -0.15) is 0 Å². The zero-order chi connectivity index (χ0) is 15.4. The van der Waals surface area contributed by atoms with Crippen LogP contribution in [0.5, 0.6) is 0 Å². The molecule has 5 heteroatoms. The van der Waals surface area contributed by atoms with Crippen molar-refractivity contribution in [3.8, 4) is 0 Å². The average molecular weight is 294 g/mol. The first-order valence-electron chi connectivity index (χ1n) is 7.93. The zero-order valence-corrected chi connectivity index (χ0v) is 13.5. The highest BCUT2D eigenvalue weighted by atomic mass is 16.5. The summed E-state index contributed by atoms with van der Waals surface area (Å²) in [6.45, 7) is 8.89. The average Bonchev–Trinajstić information content (AvgIpc) is 2.82. The summed E-state index contributed by atoms with van der Waals surface area (Å²) >= 11 is 0. The zero-order valence-electron chi connectivity index (χ0n) is 13.5. The lowest BCUT2D eigenvalue weighted by Crippen LogP contribution is -2.55. The Morgan fingerprint density at radius 2 is 1.90 bits per heavy atom. The molecule has 4 atom stereocenters. The Morgan fingerprint density at radius 3 is 2.48 bits per heavy atom. The molecule has 0 unspecified atom stereocenters. The molecule has 0 aromatic carbocycles. The van der Waals surface area contributed by atoms with E-state index in [1.807, 2.05) is 4.90 Å². The minimum atomic E-state index is -0.205. The summed E-state index contributed by atoms with van der Waals surface area (Å²) in [5.41, 5.74) is -0.205. The third-order valence-electron chi connectivity index (χ3n) is 5.95. The van der Waals surface area contributed by atoms with E-state index in [0.29, 0.717) is 19.0 Å². The predicted octanol–water partition coefficient (Wildman–Crippen LogP) is 0.779. The fourth-order valence-electron chi connectivity index (χ4n) is 4.29. The normalized spacial score (nSPS) is 38.8. The van der Waals surface area contributed by atoms with Crippen molar-refractivity contribution in [1.29, 1.82) is 0 Å². The van der Waals surface area contributed by atoms with Crippen molar-refractivity contribution in [3.63, 3.8) is 0 Å². The minimum Gasteiger partial charge on any atom is -0.373 e. The summed E-state index contributed by atoms with van der Waals surface area (Å²) in [7, 11) is 2.10. The number of hydrogen-bond donors (Lipinski definition) is 0. The van der Waals surface area contributed by atoms with Crippen molar-refractivity contribution in [1.82, 2.24) is 9.80 Å². The van der Waals surface area contributed by atoms with Gasteiger partial charge in [0, 0.05) is 31.5 Å². The monoisotopic (exact) mass is 294 g/mol. The van der Waals surface area contributed by atoms with Crippen molar-refractivity contribution >= 4 is 11.7 Å². The summed E-state index contributed by atoms with van der Waals surface area (Å²) in [5.74, 6) is 0.443. The van der Waals surface area contributed by atoms with Gasteiger partial charge in [-0.3, -0.25) is 14.5 Å². The van der Waals surface area contributed by atoms with Gasteiger partial charge in [-0.05, 0) is 25.8 Å². The Morgan fingerprint density at radius 1 is 1.19 bits per heavy atom. The highest BCUT2D eigenvalue weighted by Crippen LogP contribution is 2.52. The molecule has 2 saturated heterocycles. The lowest BCUT2D eigenvalue weighted by molar-refractivity contribution is -0.156. The van der Waals surface area contributed by atoms with Gasteiger partial charge in [-0.15, -0.1) is 0 Å². The fourth-order valence-corrected chi connectivity index (χ4v) is 4.29. The number of fused-ring (bicyclic) bond motifs is 1. The van der Waals surface area contributed by atoms with Crippen LogP contribution in [0.2, 0.25) is 0 Å². The molecule has 2 aliphatic heterocycles. The molecule has 1 saturated carbocycles. The number of ketones is 1. The first-order chi connectivity index (χ1) is 9.82. The number of amides is 1. The van der Waals surface area contributed by atoms with Gasteiger partial charge in [0.05, 0.1) is 18.8 Å². The van der Waals surface area contributed by atoms with Crippen LogP contribution in [0.15, 0.2) is 0 Å². The highest BCUT2D eigenvalue weighted by Gasteiger charge is 2.55. The number of likely N-dealkylation sites (N-methyl/N-ethyl adjacent to an activating group) is 1. The van der Waals surface area contributed by atoms with Gasteiger partial charge in [0.15, 0.2) is 0 Å². The first kappa shape index (κ1) is 15.0. The lowest BCUT2D eigenvalue weighted by Gasteiger charge is -2.51. The highest BCUT2D eigenvalue weighted by molar-refractivity contribution is 5.87. The number of carbonyl (C=O) groups excluding carboxylic acids is 2. The number of carbonyl (C=O) groups is 2. The van der Waals surface area contributed by atoms with E-state index in [2.05, 4.69) is 25.8 Å². The van der Waals surface area contributed by atoms with Gasteiger partial charge in [0.25, 0.3) is 0 Å². The largest absolute Gasteiger partial charge is 0.373 e. The van der Waals surface area contributed by atoms with Gasteiger partial charge in [-0.25, -0.2) is 0 Å². The molecule has 2 heterocycles. The van der Waals surface area contributed by atoms with E-state index in [4.69, 9.17) is 4.74 Å². The summed E-state index contributed by atoms with van der Waals surface area (Å²) < 4.78 is 5.81. The van der Waals surface area contributed by atoms with Crippen LogP contribution in [0, 0.1) is 17.3 Å². The van der Waals surface area contributed by atoms with Crippen LogP contribution in [0.4, 0.5) is 0 Å². The predicted molar refractivity (Wildman–Crippen MR) is 78.8 cm³/mol. The molecule has 3 fully saturated rings. The maximum atomic E-state index is 12.8. The molecule has 0 aromatic rings. The van der Waals surface area contributed by atoms with Crippen LogP contribution in [0.1, 0.15) is 27.2 Å². The van der Waals surface area contributed by atoms with E-state index in [0.717, 1.165) is 19.7 Å². The van der Waals surface area contributed by atoms with Gasteiger partial charge in [-0.1, -0.05) is 13.8 Å². The standard InChI is InChI=1S/C16H26N2O3/c1-10(19)11-7-12(16(11,2)3)15(20)18-8-13-14(9-18)21-6-5-17(13)4/h11-14H,5-9H2,1-4H3/t11-,12+,13-,14+/m0/s1. The molecule has 5 nitrogen and oxygen atoms in total. The van der Waals surface area contributed by atoms with Gasteiger partial charge >= 0.3 is 0 Å². The van der Waals surface area contributed by atoms with Crippen LogP contribution < -0.4 is 0 Å². The van der Waals surface area contributed by atoms with Crippen LogP contribution >= 0.6 is 0 Å². The van der Waals surface area contributed by atoms with Crippen LogP contribution in [-0.2, 0) is 14.3 Å². The fraction of sp³-hybridized carbons (Fsp3) is 0.875. The van der Waals surface area contributed by atoms with Crippen molar-refractivity contribution in [2.24, 2.45) is 17.3 Å². The number of morpholine rings is 1. The molecule has 1 amide bonds. The molecule has 0 aromatic heterocycles. The van der Waals surface area contributed by atoms with Crippen molar-refractivity contribution in [2.75, 3.05) is 33.3 Å². The number of hydrogen-bond acceptors (Lipinski definition) is 4. The lowest BCUT2D eigenvalue weighted by atomic mass is 9.53. The molecule has 0 spiro atoms. The number of rotatable bonds is 2. The van der Waals surface area contributed by atoms with Gasteiger partial charge < -0.3 is 9.64 Å². The first-order valence-corrected chi connectivity index (χ1v) is 7.93. The van der Waals surface area contributed by atoms with Gasteiger partial charge in [0.1, 0.15) is 5.78 Å². The second kappa shape index (κ2) is 5.06. The molecule has 0 N–H and O–H groups in total. The number of likely N-dealkylation sites (tertiary alicyclic amines) is 1. The SMILES string of the molecule is CC(=O)[C@@H]1C[C@H](C(=O)N2C[C@H]3OCCN(C)[C@H]3C2)C1(C)C. The van der Waals surface area contributed by atoms with E-state index in [1.54, 1.807) is 6.92 Å². The summed E-state index contributed by atoms with van der Waals surface area (Å²) in [6, 6.07) is 0.328. The topological polar surface area (TPSA) is 49.9 Å².